The summed E-state index contributed by atoms with van der Waals surface area (Å²) in [5, 5.41) is 2.01. The number of ether oxygens (including phenoxy) is 1. The van der Waals surface area contributed by atoms with Crippen LogP contribution in [0.5, 0.6) is 0 Å². The van der Waals surface area contributed by atoms with Gasteiger partial charge in [-0.2, -0.15) is 8.78 Å². The van der Waals surface area contributed by atoms with Crippen LogP contribution in [0.1, 0.15) is 10.4 Å². The Balaban J connectivity index is 2.84. The lowest BCUT2D eigenvalue weighted by atomic mass is 10.2. The molecule has 19 heavy (non-hydrogen) atoms. The lowest BCUT2D eigenvalue weighted by molar-refractivity contribution is -0.117. The molecule has 3 N–H and O–H groups in total. The Morgan fingerprint density at radius 2 is 2.21 bits per heavy atom. The first-order valence-corrected chi connectivity index (χ1v) is 5.01. The molecule has 1 aromatic heterocycles. The van der Waals surface area contributed by atoms with Crippen molar-refractivity contribution in [3.63, 3.8) is 0 Å². The minimum atomic E-state index is -4.20. The number of anilines is 2. The number of hydrogen-bond donors (Lipinski definition) is 2. The highest BCUT2D eigenvalue weighted by Gasteiger charge is 2.40. The van der Waals surface area contributed by atoms with Crippen LogP contribution in [0, 0.1) is 0 Å². The normalized spacial score (nSPS) is 11.5. The topological polar surface area (TPSA) is 77.2 Å². The van der Waals surface area contributed by atoms with Crippen molar-refractivity contribution in [1.82, 2.24) is 4.98 Å². The maximum absolute atomic E-state index is 12.7. The molecule has 0 aliphatic carbocycles. The summed E-state index contributed by atoms with van der Waals surface area (Å²) in [5.41, 5.74) is 5.32. The first-order chi connectivity index (χ1) is 8.77. The molecule has 0 unspecified atom stereocenters. The number of methoxy groups -OCH3 is 1. The van der Waals surface area contributed by atoms with Crippen molar-refractivity contribution in [2.45, 2.75) is 12.3 Å². The van der Waals surface area contributed by atoms with Crippen LogP contribution in [0.2, 0.25) is 0 Å². The molecule has 9 heteroatoms. The fraction of sp³-hybridized carbons (Fsp3) is 0.400. The van der Waals surface area contributed by atoms with Crippen molar-refractivity contribution < 1.29 is 27.1 Å². The number of pyridine rings is 1. The van der Waals surface area contributed by atoms with Crippen LogP contribution >= 0.6 is 0 Å². The standard InChI is InChI=1S/C10H11F4N3O2/c1-19-8(18)5-2-7(16-3-6(5)15)17-4-10(13,14)9(11)12/h2-3,9H,4,15H2,1H3,(H,16,17). The molecule has 5 nitrogen and oxygen atoms in total. The lowest BCUT2D eigenvalue weighted by Crippen LogP contribution is -2.35. The highest BCUT2D eigenvalue weighted by molar-refractivity contribution is 5.95. The summed E-state index contributed by atoms with van der Waals surface area (Å²) in [5.74, 6) is -5.17. The van der Waals surface area contributed by atoms with E-state index >= 15 is 0 Å². The molecule has 0 fully saturated rings. The summed E-state index contributed by atoms with van der Waals surface area (Å²) < 4.78 is 53.6. The molecule has 0 saturated carbocycles. The number of esters is 1. The predicted octanol–water partition coefficient (Wildman–Crippen LogP) is 1.76. The summed E-state index contributed by atoms with van der Waals surface area (Å²) in [6.45, 7) is -1.32. The van der Waals surface area contributed by atoms with Gasteiger partial charge in [-0.1, -0.05) is 0 Å². The molecule has 1 aromatic rings. The van der Waals surface area contributed by atoms with E-state index in [1.807, 2.05) is 5.32 Å². The summed E-state index contributed by atoms with van der Waals surface area (Å²) in [6, 6.07) is 1.04. The molecule has 0 saturated heterocycles. The van der Waals surface area contributed by atoms with E-state index in [2.05, 4.69) is 9.72 Å². The number of nitrogens with one attached hydrogen (secondary N) is 1. The van der Waals surface area contributed by atoms with Crippen molar-refractivity contribution in [3.05, 3.63) is 17.8 Å². The molecule has 1 heterocycles. The van der Waals surface area contributed by atoms with Gasteiger partial charge in [-0.25, -0.2) is 18.6 Å². The number of rotatable bonds is 5. The molecule has 106 valence electrons. The van der Waals surface area contributed by atoms with Crippen LogP contribution in [0.3, 0.4) is 0 Å². The Bertz CT molecular complexity index is 468. The lowest BCUT2D eigenvalue weighted by Gasteiger charge is -2.16. The summed E-state index contributed by atoms with van der Waals surface area (Å²) in [7, 11) is 1.11. The van der Waals surface area contributed by atoms with Crippen LogP contribution in [-0.2, 0) is 4.74 Å². The van der Waals surface area contributed by atoms with Crippen LogP contribution in [0.15, 0.2) is 12.3 Å². The predicted molar refractivity (Wildman–Crippen MR) is 59.4 cm³/mol. The number of carbonyl (C=O) groups is 1. The highest BCUT2D eigenvalue weighted by atomic mass is 19.3. The van der Waals surface area contributed by atoms with Gasteiger partial charge < -0.3 is 15.8 Å². The van der Waals surface area contributed by atoms with Crippen molar-refractivity contribution >= 4 is 17.5 Å². The first kappa shape index (κ1) is 15.0. The SMILES string of the molecule is COC(=O)c1cc(NCC(F)(F)C(F)F)ncc1N. The van der Waals surface area contributed by atoms with E-state index in [-0.39, 0.29) is 17.1 Å². The van der Waals surface area contributed by atoms with Gasteiger partial charge in [-0.15, -0.1) is 0 Å². The second-order valence-corrected chi connectivity index (χ2v) is 3.56. The fourth-order valence-electron chi connectivity index (χ4n) is 1.13. The maximum Gasteiger partial charge on any atom is 0.340 e. The Morgan fingerprint density at radius 1 is 1.58 bits per heavy atom. The van der Waals surface area contributed by atoms with Crippen molar-refractivity contribution in [2.75, 3.05) is 24.7 Å². The summed E-state index contributed by atoms with van der Waals surface area (Å²) in [6.07, 6.45) is -2.76. The van der Waals surface area contributed by atoms with E-state index in [1.54, 1.807) is 0 Å². The van der Waals surface area contributed by atoms with E-state index in [0.29, 0.717) is 0 Å². The number of halogens is 4. The van der Waals surface area contributed by atoms with Gasteiger partial charge >= 0.3 is 18.3 Å². The van der Waals surface area contributed by atoms with Gasteiger partial charge in [0.1, 0.15) is 5.82 Å². The summed E-state index contributed by atoms with van der Waals surface area (Å²) in [4.78, 5) is 14.9. The zero-order valence-electron chi connectivity index (χ0n) is 9.79. The third-order valence-electron chi connectivity index (χ3n) is 2.16. The fourth-order valence-corrected chi connectivity index (χ4v) is 1.13. The number of nitrogen functional groups attached to an aromatic ring is 1. The second kappa shape index (κ2) is 5.72. The maximum atomic E-state index is 12.7. The van der Waals surface area contributed by atoms with Gasteiger partial charge in [-0.05, 0) is 6.07 Å². The van der Waals surface area contributed by atoms with E-state index in [9.17, 15) is 22.4 Å². The van der Waals surface area contributed by atoms with Crippen LogP contribution < -0.4 is 11.1 Å². The van der Waals surface area contributed by atoms with E-state index in [4.69, 9.17) is 5.73 Å². The molecular weight excluding hydrogens is 270 g/mol. The minimum absolute atomic E-state index is 0.0157. The molecule has 0 spiro atoms. The molecule has 0 aliphatic heterocycles. The molecule has 1 rings (SSSR count). The quantitative estimate of drug-likeness (QED) is 0.635. The molecule has 0 bridgehead atoms. The van der Waals surface area contributed by atoms with E-state index < -0.39 is 24.9 Å². The summed E-state index contributed by atoms with van der Waals surface area (Å²) >= 11 is 0. The second-order valence-electron chi connectivity index (χ2n) is 3.56. The molecule has 0 amide bonds. The monoisotopic (exact) mass is 281 g/mol. The third-order valence-corrected chi connectivity index (χ3v) is 2.16. The van der Waals surface area contributed by atoms with Gasteiger partial charge in [0.05, 0.1) is 31.1 Å². The average molecular weight is 281 g/mol. The number of alkyl halides is 4. The smallest absolute Gasteiger partial charge is 0.340 e. The van der Waals surface area contributed by atoms with E-state index in [1.165, 1.54) is 0 Å². The van der Waals surface area contributed by atoms with Gasteiger partial charge in [0.15, 0.2) is 0 Å². The van der Waals surface area contributed by atoms with Gasteiger partial charge in [0.25, 0.3) is 0 Å². The van der Waals surface area contributed by atoms with Gasteiger partial charge in [0.2, 0.25) is 0 Å². The third kappa shape index (κ3) is 3.70. The largest absolute Gasteiger partial charge is 0.465 e. The zero-order chi connectivity index (χ0) is 14.6. The molecule has 0 aromatic carbocycles. The van der Waals surface area contributed by atoms with Gasteiger partial charge in [0, 0.05) is 0 Å². The van der Waals surface area contributed by atoms with Crippen molar-refractivity contribution in [3.8, 4) is 0 Å². The highest BCUT2D eigenvalue weighted by Crippen LogP contribution is 2.23. The molecule has 0 radical (unpaired) electrons. The number of nitrogens with zero attached hydrogens (tertiary/aromatic N) is 1. The van der Waals surface area contributed by atoms with Crippen molar-refractivity contribution in [1.29, 1.82) is 0 Å². The minimum Gasteiger partial charge on any atom is -0.465 e. The first-order valence-electron chi connectivity index (χ1n) is 5.01. The van der Waals surface area contributed by atoms with Crippen LogP contribution in [-0.4, -0.2) is 37.0 Å². The number of carbonyl (C=O) groups excluding carboxylic acids is 1. The van der Waals surface area contributed by atoms with Crippen LogP contribution in [0.4, 0.5) is 29.1 Å². The van der Waals surface area contributed by atoms with Crippen molar-refractivity contribution in [2.24, 2.45) is 0 Å². The molecule has 0 aliphatic rings. The Kier molecular flexibility index (Phi) is 4.52. The van der Waals surface area contributed by atoms with Crippen LogP contribution in [0.25, 0.3) is 0 Å². The molecule has 0 atom stereocenters. The molecular formula is C10H11F4N3O2. The Hall–Kier alpha value is -2.06. The Labute approximate surface area is 105 Å². The van der Waals surface area contributed by atoms with E-state index in [0.717, 1.165) is 19.4 Å². The zero-order valence-corrected chi connectivity index (χ0v) is 9.79. The average Bonchev–Trinajstić information content (AvgIpc) is 2.36. The van der Waals surface area contributed by atoms with Gasteiger partial charge in [-0.3, -0.25) is 0 Å². The Morgan fingerprint density at radius 3 is 2.74 bits per heavy atom. The number of hydrogen-bond acceptors (Lipinski definition) is 5. The number of aromatic nitrogens is 1. The number of nitrogens with two attached hydrogens (primary N) is 1.